The molecule has 4 nitrogen and oxygen atoms in total. The van der Waals surface area contributed by atoms with Gasteiger partial charge in [0.15, 0.2) is 0 Å². The molecule has 4 heteroatoms. The lowest BCUT2D eigenvalue weighted by molar-refractivity contribution is 0.572. The molecule has 0 atom stereocenters. The highest BCUT2D eigenvalue weighted by Gasteiger charge is 2.16. The molecule has 0 saturated heterocycles. The van der Waals surface area contributed by atoms with E-state index in [1.165, 1.54) is 22.9 Å². The highest BCUT2D eigenvalue weighted by atomic mass is 16.3. The van der Waals surface area contributed by atoms with Gasteiger partial charge >= 0.3 is 0 Å². The normalized spacial score (nSPS) is 16.0. The van der Waals surface area contributed by atoms with Gasteiger partial charge in [0.2, 0.25) is 5.89 Å². The fourth-order valence-corrected chi connectivity index (χ4v) is 2.76. The Kier molecular flexibility index (Phi) is 1.43. The summed E-state index contributed by atoms with van der Waals surface area (Å²) in [6.07, 6.45) is 2.55. The fourth-order valence-electron chi connectivity index (χ4n) is 2.76. The van der Waals surface area contributed by atoms with Gasteiger partial charge < -0.3 is 4.42 Å². The summed E-state index contributed by atoms with van der Waals surface area (Å²) in [5, 5.41) is 0.702. The van der Waals surface area contributed by atoms with Crippen molar-refractivity contribution in [3.63, 3.8) is 0 Å². The molecule has 2 aromatic carbocycles. The van der Waals surface area contributed by atoms with E-state index < -0.39 is 0 Å². The van der Waals surface area contributed by atoms with Crippen molar-refractivity contribution >= 4 is 27.3 Å². The first-order chi connectivity index (χ1) is 14.2. The van der Waals surface area contributed by atoms with Crippen LogP contribution in [0.3, 0.4) is 0 Å². The van der Waals surface area contributed by atoms with Crippen LogP contribution in [0.15, 0.2) is 65.4 Å². The molecular formula is C19H13N3O. The van der Waals surface area contributed by atoms with E-state index >= 15 is 0 Å². The van der Waals surface area contributed by atoms with E-state index in [0.717, 1.165) is 0 Å². The van der Waals surface area contributed by atoms with E-state index in [-0.39, 0.29) is 81.5 Å². The second-order valence-electron chi connectivity index (χ2n) is 5.12. The number of pyridine rings is 1. The van der Waals surface area contributed by atoms with E-state index in [1.54, 1.807) is 6.92 Å². The van der Waals surface area contributed by atoms with Crippen molar-refractivity contribution in [1.82, 2.24) is 14.4 Å². The number of imidazole rings is 1. The smallest absolute Gasteiger partial charge is 0.245 e. The zero-order valence-corrected chi connectivity index (χ0v) is 12.0. The number of oxazole rings is 1. The molecule has 0 amide bonds. The van der Waals surface area contributed by atoms with Crippen LogP contribution in [0, 0.1) is 6.92 Å². The van der Waals surface area contributed by atoms with Crippen LogP contribution in [-0.2, 0) is 0 Å². The molecule has 0 N–H and O–H groups in total. The van der Waals surface area contributed by atoms with Crippen molar-refractivity contribution in [2.45, 2.75) is 6.92 Å². The van der Waals surface area contributed by atoms with Crippen LogP contribution in [-0.4, -0.2) is 14.4 Å². The minimum atomic E-state index is -0.308. The highest BCUT2D eigenvalue weighted by Crippen LogP contribution is 2.32. The highest BCUT2D eigenvalue weighted by molar-refractivity contribution is 6.12. The van der Waals surface area contributed by atoms with E-state index in [9.17, 15) is 0 Å². The summed E-state index contributed by atoms with van der Waals surface area (Å²) < 4.78 is 65.3. The Morgan fingerprint density at radius 3 is 2.91 bits per heavy atom. The number of nitrogens with zero attached hydrogens (tertiary/aromatic N) is 3. The lowest BCUT2D eigenvalue weighted by Crippen LogP contribution is -1.94. The summed E-state index contributed by atoms with van der Waals surface area (Å²) in [6, 6.07) is 0.218. The van der Waals surface area contributed by atoms with Gasteiger partial charge in [0.1, 0.15) is 17.6 Å². The molecular weight excluding hydrogens is 286 g/mol. The number of aromatic nitrogens is 3. The summed E-state index contributed by atoms with van der Waals surface area (Å²) >= 11 is 0. The zero-order chi connectivity index (χ0) is 21.5. The summed E-state index contributed by atoms with van der Waals surface area (Å²) in [6.45, 7) is 1.56. The quantitative estimate of drug-likeness (QED) is 0.425. The van der Waals surface area contributed by atoms with Gasteiger partial charge in [-0.05, 0) is 24.4 Å². The third-order valence-corrected chi connectivity index (χ3v) is 3.72. The monoisotopic (exact) mass is 306 g/mol. The predicted molar refractivity (Wildman–Crippen MR) is 90.4 cm³/mol. The molecule has 0 unspecified atom stereocenters. The summed E-state index contributed by atoms with van der Waals surface area (Å²) in [5.41, 5.74) is 0.695. The third kappa shape index (κ3) is 1.66. The van der Waals surface area contributed by atoms with Crippen LogP contribution in [0.1, 0.15) is 15.2 Å². The van der Waals surface area contributed by atoms with Crippen molar-refractivity contribution in [3.05, 3.63) is 66.5 Å². The Hall–Kier alpha value is -3.14. The SMILES string of the molecule is [2H]c1cc2c(c([2H])c1[2H])c1c([2H])c(C)c([2H])c([2H])c1n1c(-c3ncco3)c([2H])nc21. The molecule has 0 fully saturated rings. The van der Waals surface area contributed by atoms with Gasteiger partial charge in [-0.3, -0.25) is 4.40 Å². The maximum absolute atomic E-state index is 8.64. The minimum absolute atomic E-state index is 0.0536. The molecule has 0 saturated carbocycles. The van der Waals surface area contributed by atoms with Crippen LogP contribution in [0.4, 0.5) is 0 Å². The summed E-state index contributed by atoms with van der Waals surface area (Å²) in [4.78, 5) is 8.37. The molecule has 0 aliphatic carbocycles. The molecule has 0 radical (unpaired) electrons. The molecule has 3 aromatic heterocycles. The first-order valence-corrected chi connectivity index (χ1v) is 6.95. The summed E-state index contributed by atoms with van der Waals surface area (Å²) in [7, 11) is 0. The van der Waals surface area contributed by atoms with E-state index in [0.29, 0.717) is 5.39 Å². The molecule has 0 spiro atoms. The number of rotatable bonds is 1. The fraction of sp³-hybridized carbons (Fsp3) is 0.0526. The number of hydrogen-bond donors (Lipinski definition) is 0. The Bertz CT molecular complexity index is 1520. The first-order valence-electron chi connectivity index (χ1n) is 10.5. The van der Waals surface area contributed by atoms with Gasteiger partial charge in [-0.1, -0.05) is 35.8 Å². The Labute approximate surface area is 141 Å². The van der Waals surface area contributed by atoms with Crippen molar-refractivity contribution < 1.29 is 14.0 Å². The zero-order valence-electron chi connectivity index (χ0n) is 19.0. The van der Waals surface area contributed by atoms with Crippen molar-refractivity contribution in [3.8, 4) is 11.6 Å². The number of benzene rings is 2. The molecule has 5 rings (SSSR count). The van der Waals surface area contributed by atoms with Crippen LogP contribution in [0.25, 0.3) is 38.9 Å². The van der Waals surface area contributed by atoms with E-state index in [2.05, 4.69) is 9.97 Å². The number of hydrogen-bond acceptors (Lipinski definition) is 3. The molecule has 23 heavy (non-hydrogen) atoms. The van der Waals surface area contributed by atoms with Crippen LogP contribution >= 0.6 is 0 Å². The second-order valence-corrected chi connectivity index (χ2v) is 5.12. The van der Waals surface area contributed by atoms with Crippen LogP contribution in [0.2, 0.25) is 0 Å². The van der Waals surface area contributed by atoms with Gasteiger partial charge in [0.05, 0.1) is 27.5 Å². The van der Waals surface area contributed by atoms with Crippen molar-refractivity contribution in [1.29, 1.82) is 0 Å². The average molecular weight is 306 g/mol. The maximum atomic E-state index is 8.64. The standard InChI is InChI=1S/C19H13N3O/c1-12-6-7-16-15(10-12)13-4-2-3-5-14(13)18-21-11-17(22(16)18)19-20-8-9-23-19/h2-11H,1H3/i2D,3D,4D,6D,7D,10D,11D. The predicted octanol–water partition coefficient (Wildman–Crippen LogP) is 4.60. The van der Waals surface area contributed by atoms with Crippen LogP contribution in [0.5, 0.6) is 0 Å². The van der Waals surface area contributed by atoms with Gasteiger partial charge in [-0.2, -0.15) is 0 Å². The molecule has 5 aromatic rings. The number of fused-ring (bicyclic) bond motifs is 6. The Balaban J connectivity index is 2.24. The molecule has 0 aliphatic heterocycles. The average Bonchev–Trinajstić information content (AvgIpc) is 3.35. The van der Waals surface area contributed by atoms with Gasteiger partial charge in [-0.25, -0.2) is 9.97 Å². The lowest BCUT2D eigenvalue weighted by Gasteiger charge is -2.10. The minimum Gasteiger partial charge on any atom is -0.443 e. The van der Waals surface area contributed by atoms with Gasteiger partial charge in [0, 0.05) is 10.8 Å². The largest absolute Gasteiger partial charge is 0.443 e. The van der Waals surface area contributed by atoms with Crippen molar-refractivity contribution in [2.24, 2.45) is 0 Å². The van der Waals surface area contributed by atoms with Gasteiger partial charge in [0.25, 0.3) is 0 Å². The molecule has 3 heterocycles. The molecule has 110 valence electrons. The topological polar surface area (TPSA) is 43.3 Å². The maximum Gasteiger partial charge on any atom is 0.245 e. The first kappa shape index (κ1) is 7.42. The molecule has 0 bridgehead atoms. The molecule has 0 aliphatic rings. The Morgan fingerprint density at radius 1 is 1.09 bits per heavy atom. The van der Waals surface area contributed by atoms with E-state index in [1.807, 2.05) is 0 Å². The Morgan fingerprint density at radius 2 is 2.04 bits per heavy atom. The summed E-state index contributed by atoms with van der Waals surface area (Å²) in [5.74, 6) is 0.0838. The van der Waals surface area contributed by atoms with Crippen molar-refractivity contribution in [2.75, 3.05) is 0 Å². The second kappa shape index (κ2) is 4.43. The third-order valence-electron chi connectivity index (χ3n) is 3.72. The van der Waals surface area contributed by atoms with Crippen LogP contribution < -0.4 is 0 Å². The lowest BCUT2D eigenvalue weighted by atomic mass is 10.0. The van der Waals surface area contributed by atoms with Gasteiger partial charge in [-0.15, -0.1) is 0 Å². The van der Waals surface area contributed by atoms with E-state index in [4.69, 9.17) is 14.0 Å².